The highest BCUT2D eigenvalue weighted by Crippen LogP contribution is 2.20. The van der Waals surface area contributed by atoms with Gasteiger partial charge in [-0.25, -0.2) is 0 Å². The topological polar surface area (TPSA) is 35.6 Å². The van der Waals surface area contributed by atoms with Crippen molar-refractivity contribution in [1.82, 2.24) is 15.1 Å². The number of likely N-dealkylation sites (tertiary alicyclic amines) is 1. The van der Waals surface area contributed by atoms with Crippen LogP contribution in [-0.2, 0) is 4.79 Å². The van der Waals surface area contributed by atoms with E-state index in [1.807, 2.05) is 0 Å². The van der Waals surface area contributed by atoms with Crippen LogP contribution in [-0.4, -0.2) is 62.0 Å². The first-order valence-corrected chi connectivity index (χ1v) is 7.81. The van der Waals surface area contributed by atoms with Gasteiger partial charge in [-0.3, -0.25) is 4.79 Å². The molecular formula is C15H29N3O. The summed E-state index contributed by atoms with van der Waals surface area (Å²) in [5.74, 6) is 1.15. The van der Waals surface area contributed by atoms with Gasteiger partial charge in [0.05, 0.1) is 0 Å². The van der Waals surface area contributed by atoms with Gasteiger partial charge < -0.3 is 15.1 Å². The molecule has 0 spiro atoms. The maximum absolute atomic E-state index is 12.2. The van der Waals surface area contributed by atoms with Crippen molar-refractivity contribution < 1.29 is 4.79 Å². The Morgan fingerprint density at radius 2 is 1.79 bits per heavy atom. The number of rotatable bonds is 4. The first-order chi connectivity index (χ1) is 9.16. The number of hydrogen-bond acceptors (Lipinski definition) is 3. The fraction of sp³-hybridized carbons (Fsp3) is 0.933. The summed E-state index contributed by atoms with van der Waals surface area (Å²) in [5, 5.41) is 3.38. The monoisotopic (exact) mass is 267 g/mol. The average molecular weight is 267 g/mol. The van der Waals surface area contributed by atoms with Gasteiger partial charge in [-0.15, -0.1) is 0 Å². The van der Waals surface area contributed by atoms with Crippen LogP contribution in [0.5, 0.6) is 0 Å². The number of nitrogens with zero attached hydrogens (tertiary/aromatic N) is 2. The van der Waals surface area contributed by atoms with Crippen LogP contribution in [0.2, 0.25) is 0 Å². The van der Waals surface area contributed by atoms with Gasteiger partial charge in [0.15, 0.2) is 0 Å². The van der Waals surface area contributed by atoms with Crippen LogP contribution in [0, 0.1) is 5.92 Å². The summed E-state index contributed by atoms with van der Waals surface area (Å²) in [6.45, 7) is 4.17. The second-order valence-corrected chi connectivity index (χ2v) is 6.31. The quantitative estimate of drug-likeness (QED) is 0.834. The highest BCUT2D eigenvalue weighted by atomic mass is 16.2. The van der Waals surface area contributed by atoms with Crippen LogP contribution in [0.4, 0.5) is 0 Å². The largest absolute Gasteiger partial charge is 0.343 e. The van der Waals surface area contributed by atoms with Crippen LogP contribution >= 0.6 is 0 Å². The first-order valence-electron chi connectivity index (χ1n) is 7.81. The molecule has 0 saturated carbocycles. The van der Waals surface area contributed by atoms with E-state index < -0.39 is 0 Å². The van der Waals surface area contributed by atoms with E-state index in [2.05, 4.69) is 29.2 Å². The minimum atomic E-state index is 0.385. The summed E-state index contributed by atoms with van der Waals surface area (Å²) in [6.07, 6.45) is 6.61. The van der Waals surface area contributed by atoms with E-state index in [4.69, 9.17) is 0 Å². The highest BCUT2D eigenvalue weighted by Gasteiger charge is 2.24. The smallest absolute Gasteiger partial charge is 0.222 e. The Morgan fingerprint density at radius 1 is 1.16 bits per heavy atom. The van der Waals surface area contributed by atoms with Crippen LogP contribution < -0.4 is 5.32 Å². The Hall–Kier alpha value is -0.610. The molecular weight excluding hydrogens is 238 g/mol. The number of amides is 1. The van der Waals surface area contributed by atoms with Crippen molar-refractivity contribution >= 4 is 5.91 Å². The molecule has 0 aromatic rings. The van der Waals surface area contributed by atoms with E-state index in [1.54, 1.807) is 0 Å². The summed E-state index contributed by atoms with van der Waals surface area (Å²) in [5.41, 5.74) is 0. The van der Waals surface area contributed by atoms with Gasteiger partial charge >= 0.3 is 0 Å². The average Bonchev–Trinajstić information content (AvgIpc) is 2.46. The van der Waals surface area contributed by atoms with E-state index >= 15 is 0 Å². The fourth-order valence-corrected chi connectivity index (χ4v) is 3.29. The molecule has 4 nitrogen and oxygen atoms in total. The number of carbonyl (C=O) groups is 1. The molecule has 4 heteroatoms. The van der Waals surface area contributed by atoms with Crippen LogP contribution in [0.3, 0.4) is 0 Å². The highest BCUT2D eigenvalue weighted by molar-refractivity contribution is 5.76. The molecule has 19 heavy (non-hydrogen) atoms. The molecule has 0 unspecified atom stereocenters. The fourth-order valence-electron chi connectivity index (χ4n) is 3.29. The maximum atomic E-state index is 12.2. The zero-order chi connectivity index (χ0) is 13.7. The lowest BCUT2D eigenvalue weighted by molar-refractivity contribution is -0.133. The Morgan fingerprint density at radius 3 is 2.37 bits per heavy atom. The van der Waals surface area contributed by atoms with Crippen molar-refractivity contribution in [2.75, 3.05) is 40.3 Å². The third-order valence-corrected chi connectivity index (χ3v) is 4.77. The zero-order valence-corrected chi connectivity index (χ0v) is 12.5. The van der Waals surface area contributed by atoms with Crippen molar-refractivity contribution in [3.8, 4) is 0 Å². The minimum absolute atomic E-state index is 0.385. The Labute approximate surface area is 117 Å². The van der Waals surface area contributed by atoms with E-state index in [1.165, 1.54) is 12.8 Å². The van der Waals surface area contributed by atoms with Gasteiger partial charge in [-0.2, -0.15) is 0 Å². The molecule has 2 aliphatic heterocycles. The normalized spacial score (nSPS) is 23.0. The van der Waals surface area contributed by atoms with Crippen LogP contribution in [0.25, 0.3) is 0 Å². The molecule has 110 valence electrons. The van der Waals surface area contributed by atoms with Crippen LogP contribution in [0.15, 0.2) is 0 Å². The van der Waals surface area contributed by atoms with Crippen molar-refractivity contribution in [1.29, 1.82) is 0 Å². The third-order valence-electron chi connectivity index (χ3n) is 4.77. The standard InChI is InChI=1S/C15H29N3O/c1-17(2)14-7-11-18(12-8-14)15(19)4-3-13-5-9-16-10-6-13/h13-14,16H,3-12H2,1-2H3. The van der Waals surface area contributed by atoms with Crippen molar-refractivity contribution in [2.24, 2.45) is 5.92 Å². The van der Waals surface area contributed by atoms with E-state index in [0.29, 0.717) is 11.9 Å². The molecule has 0 bridgehead atoms. The van der Waals surface area contributed by atoms with Gasteiger partial charge in [-0.05, 0) is 65.2 Å². The molecule has 0 aromatic heterocycles. The van der Waals surface area contributed by atoms with Gasteiger partial charge in [0.25, 0.3) is 0 Å². The molecule has 2 rings (SSSR count). The number of piperidine rings is 2. The summed E-state index contributed by atoms with van der Waals surface area (Å²) in [4.78, 5) is 16.6. The van der Waals surface area contributed by atoms with Gasteiger partial charge in [0, 0.05) is 25.6 Å². The molecule has 0 radical (unpaired) electrons. The predicted molar refractivity (Wildman–Crippen MR) is 78.1 cm³/mol. The summed E-state index contributed by atoms with van der Waals surface area (Å²) in [7, 11) is 4.28. The van der Waals surface area contributed by atoms with Crippen molar-refractivity contribution in [3.63, 3.8) is 0 Å². The second kappa shape index (κ2) is 7.25. The van der Waals surface area contributed by atoms with Crippen LogP contribution in [0.1, 0.15) is 38.5 Å². The Kier molecular flexibility index (Phi) is 5.64. The molecule has 1 N–H and O–H groups in total. The lowest BCUT2D eigenvalue weighted by atomic mass is 9.92. The van der Waals surface area contributed by atoms with Crippen molar-refractivity contribution in [2.45, 2.75) is 44.6 Å². The Balaban J connectivity index is 1.66. The second-order valence-electron chi connectivity index (χ2n) is 6.31. The third kappa shape index (κ3) is 4.46. The van der Waals surface area contributed by atoms with Crippen molar-refractivity contribution in [3.05, 3.63) is 0 Å². The molecule has 2 saturated heterocycles. The number of hydrogen-bond donors (Lipinski definition) is 1. The van der Waals surface area contributed by atoms with Gasteiger partial charge in [0.2, 0.25) is 5.91 Å². The van der Waals surface area contributed by atoms with Gasteiger partial charge in [0.1, 0.15) is 0 Å². The summed E-state index contributed by atoms with van der Waals surface area (Å²) in [6, 6.07) is 0.661. The zero-order valence-electron chi connectivity index (χ0n) is 12.5. The van der Waals surface area contributed by atoms with E-state index in [9.17, 15) is 4.79 Å². The molecule has 2 fully saturated rings. The molecule has 0 aliphatic carbocycles. The number of nitrogens with one attached hydrogen (secondary N) is 1. The van der Waals surface area contributed by atoms with Gasteiger partial charge in [-0.1, -0.05) is 0 Å². The lowest BCUT2D eigenvalue weighted by Crippen LogP contribution is -2.44. The molecule has 1 amide bonds. The SMILES string of the molecule is CN(C)C1CCN(C(=O)CCC2CCNCC2)CC1. The van der Waals surface area contributed by atoms with E-state index in [-0.39, 0.29) is 0 Å². The maximum Gasteiger partial charge on any atom is 0.222 e. The molecule has 2 heterocycles. The molecule has 0 atom stereocenters. The Bertz CT molecular complexity index is 279. The summed E-state index contributed by atoms with van der Waals surface area (Å²) >= 11 is 0. The lowest BCUT2D eigenvalue weighted by Gasteiger charge is -2.35. The molecule has 2 aliphatic rings. The predicted octanol–water partition coefficient (Wildman–Crippen LogP) is 1.32. The summed E-state index contributed by atoms with van der Waals surface area (Å²) < 4.78 is 0. The number of carbonyl (C=O) groups excluding carboxylic acids is 1. The van der Waals surface area contributed by atoms with E-state index in [0.717, 1.165) is 57.8 Å². The molecule has 0 aromatic carbocycles. The first kappa shape index (κ1) is 14.8. The minimum Gasteiger partial charge on any atom is -0.343 e.